The number of carbonyl (C=O) groups is 1. The lowest BCUT2D eigenvalue weighted by Gasteiger charge is -2.20. The van der Waals surface area contributed by atoms with E-state index in [4.69, 9.17) is 4.74 Å². The Morgan fingerprint density at radius 3 is 2.67 bits per heavy atom. The van der Waals surface area contributed by atoms with Crippen molar-refractivity contribution in [3.63, 3.8) is 0 Å². The molecule has 0 fully saturated rings. The first kappa shape index (κ1) is 15.5. The number of nitrogens with one attached hydrogen (secondary N) is 1. The molecule has 0 aromatic heterocycles. The lowest BCUT2D eigenvalue weighted by atomic mass is 9.96. The molecule has 0 aliphatic heterocycles. The van der Waals surface area contributed by atoms with Gasteiger partial charge in [-0.3, -0.25) is 4.79 Å². The number of hydrogen-bond acceptors (Lipinski definition) is 3. The van der Waals surface area contributed by atoms with Gasteiger partial charge in [0.05, 0.1) is 13.0 Å². The molecule has 112 valence electrons. The van der Waals surface area contributed by atoms with Crippen LogP contribution in [0.1, 0.15) is 38.3 Å². The fourth-order valence-corrected chi connectivity index (χ4v) is 2.55. The number of benzene rings is 2. The van der Waals surface area contributed by atoms with Crippen molar-refractivity contribution in [2.24, 2.45) is 0 Å². The molecule has 0 heterocycles. The van der Waals surface area contributed by atoms with Crippen LogP contribution in [0.25, 0.3) is 10.8 Å². The second-order valence-corrected chi connectivity index (χ2v) is 5.08. The van der Waals surface area contributed by atoms with Crippen LogP contribution in [-0.4, -0.2) is 19.1 Å². The lowest BCUT2D eigenvalue weighted by Crippen LogP contribution is -2.25. The Morgan fingerprint density at radius 2 is 1.90 bits per heavy atom. The number of rotatable bonds is 7. The summed E-state index contributed by atoms with van der Waals surface area (Å²) in [5.41, 5.74) is 1.16. The minimum absolute atomic E-state index is 0.00454. The predicted octanol–water partition coefficient (Wildman–Crippen LogP) is 3.83. The zero-order valence-corrected chi connectivity index (χ0v) is 12.8. The zero-order chi connectivity index (χ0) is 15.1. The van der Waals surface area contributed by atoms with E-state index in [0.29, 0.717) is 13.0 Å². The van der Waals surface area contributed by atoms with Gasteiger partial charge in [0.2, 0.25) is 0 Å². The summed E-state index contributed by atoms with van der Waals surface area (Å²) in [5, 5.41) is 5.86. The summed E-state index contributed by atoms with van der Waals surface area (Å²) in [6.07, 6.45) is 1.39. The Bertz CT molecular complexity index is 589. The normalized spacial score (nSPS) is 12.3. The molecular formula is C18H23NO2. The SMILES string of the molecule is CCCNC(CC(=O)OCC)c1cccc2ccccc12. The fraction of sp³-hybridized carbons (Fsp3) is 0.389. The van der Waals surface area contributed by atoms with Crippen molar-refractivity contribution in [1.29, 1.82) is 0 Å². The first-order valence-corrected chi connectivity index (χ1v) is 7.63. The van der Waals surface area contributed by atoms with Gasteiger partial charge in [-0.05, 0) is 36.2 Å². The third-order valence-electron chi connectivity index (χ3n) is 3.52. The molecule has 0 bridgehead atoms. The summed E-state index contributed by atoms with van der Waals surface area (Å²) in [4.78, 5) is 11.9. The zero-order valence-electron chi connectivity index (χ0n) is 12.8. The standard InChI is InChI=1S/C18H23NO2/c1-3-12-19-17(13-18(20)21-4-2)16-11-7-9-14-8-5-6-10-15(14)16/h5-11,17,19H,3-4,12-13H2,1-2H3. The van der Waals surface area contributed by atoms with Crippen molar-refractivity contribution < 1.29 is 9.53 Å². The molecule has 1 N–H and O–H groups in total. The van der Waals surface area contributed by atoms with Gasteiger partial charge in [-0.1, -0.05) is 49.4 Å². The molecule has 2 aromatic rings. The quantitative estimate of drug-likeness (QED) is 0.786. The topological polar surface area (TPSA) is 38.3 Å². The van der Waals surface area contributed by atoms with Gasteiger partial charge < -0.3 is 10.1 Å². The number of fused-ring (bicyclic) bond motifs is 1. The molecule has 1 unspecified atom stereocenters. The molecule has 3 nitrogen and oxygen atoms in total. The van der Waals surface area contributed by atoms with Crippen LogP contribution in [0.15, 0.2) is 42.5 Å². The van der Waals surface area contributed by atoms with E-state index < -0.39 is 0 Å². The Kier molecular flexibility index (Phi) is 5.76. The molecule has 0 aliphatic carbocycles. The molecule has 0 saturated heterocycles. The summed E-state index contributed by atoms with van der Waals surface area (Å²) in [7, 11) is 0. The highest BCUT2D eigenvalue weighted by molar-refractivity contribution is 5.86. The largest absolute Gasteiger partial charge is 0.466 e. The highest BCUT2D eigenvalue weighted by atomic mass is 16.5. The molecule has 0 amide bonds. The molecule has 21 heavy (non-hydrogen) atoms. The Hall–Kier alpha value is -1.87. The Labute approximate surface area is 126 Å². The summed E-state index contributed by atoms with van der Waals surface area (Å²) >= 11 is 0. The third kappa shape index (κ3) is 4.05. The maximum absolute atomic E-state index is 11.9. The molecular weight excluding hydrogens is 262 g/mol. The fourth-order valence-electron chi connectivity index (χ4n) is 2.55. The smallest absolute Gasteiger partial charge is 0.307 e. The number of ether oxygens (including phenoxy) is 1. The third-order valence-corrected chi connectivity index (χ3v) is 3.52. The number of carbonyl (C=O) groups excluding carboxylic acids is 1. The molecule has 3 heteroatoms. The minimum Gasteiger partial charge on any atom is -0.466 e. The number of esters is 1. The van der Waals surface area contributed by atoms with E-state index in [0.717, 1.165) is 18.5 Å². The second-order valence-electron chi connectivity index (χ2n) is 5.08. The van der Waals surface area contributed by atoms with Gasteiger partial charge >= 0.3 is 5.97 Å². The Balaban J connectivity index is 2.31. The van der Waals surface area contributed by atoms with Gasteiger partial charge in [0, 0.05) is 6.04 Å². The van der Waals surface area contributed by atoms with E-state index in [9.17, 15) is 4.79 Å². The van der Waals surface area contributed by atoms with Crippen molar-refractivity contribution in [3.8, 4) is 0 Å². The van der Waals surface area contributed by atoms with Crippen LogP contribution in [0, 0.1) is 0 Å². The van der Waals surface area contributed by atoms with E-state index in [1.165, 1.54) is 10.8 Å². The van der Waals surface area contributed by atoms with Crippen LogP contribution in [0.3, 0.4) is 0 Å². The van der Waals surface area contributed by atoms with Crippen LogP contribution >= 0.6 is 0 Å². The first-order valence-electron chi connectivity index (χ1n) is 7.63. The maximum Gasteiger partial charge on any atom is 0.307 e. The van der Waals surface area contributed by atoms with E-state index in [1.807, 2.05) is 25.1 Å². The van der Waals surface area contributed by atoms with Crippen molar-refractivity contribution in [2.45, 2.75) is 32.7 Å². The van der Waals surface area contributed by atoms with Crippen LogP contribution in [0.4, 0.5) is 0 Å². The van der Waals surface area contributed by atoms with Gasteiger partial charge in [0.25, 0.3) is 0 Å². The second kappa shape index (κ2) is 7.79. The first-order chi connectivity index (χ1) is 10.3. The lowest BCUT2D eigenvalue weighted by molar-refractivity contribution is -0.143. The van der Waals surface area contributed by atoms with Crippen molar-refractivity contribution in [2.75, 3.05) is 13.2 Å². The van der Waals surface area contributed by atoms with Crippen LogP contribution in [-0.2, 0) is 9.53 Å². The highest BCUT2D eigenvalue weighted by Crippen LogP contribution is 2.26. The van der Waals surface area contributed by atoms with Crippen LogP contribution in [0.5, 0.6) is 0 Å². The van der Waals surface area contributed by atoms with Gasteiger partial charge in [0.15, 0.2) is 0 Å². The average molecular weight is 285 g/mol. The van der Waals surface area contributed by atoms with Gasteiger partial charge in [-0.2, -0.15) is 0 Å². The molecule has 2 aromatic carbocycles. The molecule has 0 saturated carbocycles. The Morgan fingerprint density at radius 1 is 1.14 bits per heavy atom. The molecule has 0 spiro atoms. The van der Waals surface area contributed by atoms with Gasteiger partial charge in [0.1, 0.15) is 0 Å². The molecule has 1 atom stereocenters. The summed E-state index contributed by atoms with van der Waals surface area (Å²) in [6.45, 7) is 5.27. The number of hydrogen-bond donors (Lipinski definition) is 1. The monoisotopic (exact) mass is 285 g/mol. The van der Waals surface area contributed by atoms with E-state index >= 15 is 0 Å². The summed E-state index contributed by atoms with van der Waals surface area (Å²) in [5.74, 6) is -0.154. The van der Waals surface area contributed by atoms with Crippen LogP contribution < -0.4 is 5.32 Å². The van der Waals surface area contributed by atoms with E-state index in [2.05, 4.69) is 36.5 Å². The predicted molar refractivity (Wildman–Crippen MR) is 86.2 cm³/mol. The minimum atomic E-state index is -0.154. The van der Waals surface area contributed by atoms with Crippen molar-refractivity contribution in [1.82, 2.24) is 5.32 Å². The van der Waals surface area contributed by atoms with Gasteiger partial charge in [-0.15, -0.1) is 0 Å². The van der Waals surface area contributed by atoms with E-state index in [-0.39, 0.29) is 12.0 Å². The van der Waals surface area contributed by atoms with Crippen molar-refractivity contribution >= 4 is 16.7 Å². The highest BCUT2D eigenvalue weighted by Gasteiger charge is 2.18. The summed E-state index contributed by atoms with van der Waals surface area (Å²) in [6, 6.07) is 14.5. The van der Waals surface area contributed by atoms with Gasteiger partial charge in [-0.25, -0.2) is 0 Å². The molecule has 2 rings (SSSR count). The molecule has 0 aliphatic rings. The maximum atomic E-state index is 11.9. The molecule has 0 radical (unpaired) electrons. The van der Waals surface area contributed by atoms with Crippen LogP contribution in [0.2, 0.25) is 0 Å². The van der Waals surface area contributed by atoms with Crippen molar-refractivity contribution in [3.05, 3.63) is 48.0 Å². The van der Waals surface area contributed by atoms with E-state index in [1.54, 1.807) is 0 Å². The summed E-state index contributed by atoms with van der Waals surface area (Å²) < 4.78 is 5.11. The average Bonchev–Trinajstić information content (AvgIpc) is 2.51.